The topological polar surface area (TPSA) is 80.7 Å². The van der Waals surface area contributed by atoms with Crippen molar-refractivity contribution in [3.05, 3.63) is 64.8 Å². The van der Waals surface area contributed by atoms with Crippen molar-refractivity contribution in [1.29, 1.82) is 0 Å². The van der Waals surface area contributed by atoms with E-state index in [4.69, 9.17) is 9.05 Å². The molecule has 2 heterocycles. The number of hydrogen-bond donors (Lipinski definition) is 2. The van der Waals surface area contributed by atoms with Gasteiger partial charge in [0.15, 0.2) is 0 Å². The number of aromatic hydroxyl groups is 1. The van der Waals surface area contributed by atoms with Crippen LogP contribution < -0.4 is 5.32 Å². The van der Waals surface area contributed by atoms with Crippen molar-refractivity contribution in [3.63, 3.8) is 0 Å². The van der Waals surface area contributed by atoms with Gasteiger partial charge in [-0.1, -0.05) is 0 Å². The maximum atomic E-state index is 13.7. The third-order valence-electron chi connectivity index (χ3n) is 4.82. The first-order valence-electron chi connectivity index (χ1n) is 10.3. The number of benzene rings is 1. The van der Waals surface area contributed by atoms with Crippen molar-refractivity contribution in [1.82, 2.24) is 4.98 Å². The number of anilines is 1. The lowest BCUT2D eigenvalue weighted by Gasteiger charge is -2.26. The predicted octanol–water partition coefficient (Wildman–Crippen LogP) is 6.55. The zero-order chi connectivity index (χ0) is 22.4. The van der Waals surface area contributed by atoms with Crippen LogP contribution in [0.1, 0.15) is 35.8 Å². The standard InChI is InChI=1S/C23H29N2O4PS/c1-5-28-30(27,29-6-2)21(15-24-20-12-7-16(3)25-17(20)4)23-14-13-22(31-23)18-8-10-19(26)11-9-18/h7-14,21,24,26H,5-6,15H2,1-4H3. The molecular formula is C23H29N2O4PS. The fourth-order valence-electron chi connectivity index (χ4n) is 3.34. The average Bonchev–Trinajstić information content (AvgIpc) is 3.20. The van der Waals surface area contributed by atoms with Crippen LogP contribution in [0.4, 0.5) is 5.69 Å². The van der Waals surface area contributed by atoms with E-state index in [1.165, 1.54) is 0 Å². The van der Waals surface area contributed by atoms with Gasteiger partial charge in [-0.3, -0.25) is 9.55 Å². The average molecular weight is 461 g/mol. The molecule has 166 valence electrons. The van der Waals surface area contributed by atoms with Gasteiger partial charge in [0.1, 0.15) is 11.4 Å². The highest BCUT2D eigenvalue weighted by molar-refractivity contribution is 7.54. The molecule has 0 bridgehead atoms. The molecule has 0 aliphatic carbocycles. The van der Waals surface area contributed by atoms with Gasteiger partial charge in [-0.25, -0.2) is 0 Å². The van der Waals surface area contributed by atoms with Crippen LogP contribution in [-0.4, -0.2) is 29.8 Å². The molecule has 31 heavy (non-hydrogen) atoms. The Morgan fingerprint density at radius 1 is 1.03 bits per heavy atom. The fraction of sp³-hybridized carbons (Fsp3) is 0.348. The van der Waals surface area contributed by atoms with E-state index >= 15 is 0 Å². The minimum Gasteiger partial charge on any atom is -0.508 e. The lowest BCUT2D eigenvalue weighted by atomic mass is 10.2. The number of pyridine rings is 1. The lowest BCUT2D eigenvalue weighted by Crippen LogP contribution is -2.16. The molecule has 0 aliphatic heterocycles. The van der Waals surface area contributed by atoms with Gasteiger partial charge in [-0.2, -0.15) is 0 Å². The van der Waals surface area contributed by atoms with Crippen LogP contribution in [-0.2, 0) is 13.6 Å². The summed E-state index contributed by atoms with van der Waals surface area (Å²) in [6.45, 7) is 8.53. The minimum atomic E-state index is -3.41. The number of aryl methyl sites for hydroxylation is 2. The quantitative estimate of drug-likeness (QED) is 0.334. The first-order chi connectivity index (χ1) is 14.9. The van der Waals surface area contributed by atoms with Gasteiger partial charge in [-0.15, -0.1) is 11.3 Å². The van der Waals surface area contributed by atoms with Gasteiger partial charge in [0, 0.05) is 22.0 Å². The van der Waals surface area contributed by atoms with Crippen LogP contribution in [0.5, 0.6) is 5.75 Å². The second-order valence-electron chi connectivity index (χ2n) is 7.11. The molecule has 0 radical (unpaired) electrons. The molecule has 0 fully saturated rings. The first kappa shape index (κ1) is 23.5. The summed E-state index contributed by atoms with van der Waals surface area (Å²) in [7, 11) is -3.41. The molecule has 0 amide bonds. The van der Waals surface area contributed by atoms with Gasteiger partial charge in [-0.05, 0) is 81.8 Å². The van der Waals surface area contributed by atoms with Crippen LogP contribution >= 0.6 is 18.9 Å². The van der Waals surface area contributed by atoms with Crippen LogP contribution in [0.25, 0.3) is 10.4 Å². The molecule has 3 aromatic rings. The van der Waals surface area contributed by atoms with E-state index in [2.05, 4.69) is 10.3 Å². The highest BCUT2D eigenvalue weighted by atomic mass is 32.1. The van der Waals surface area contributed by atoms with Crippen molar-refractivity contribution in [2.75, 3.05) is 25.1 Å². The monoisotopic (exact) mass is 460 g/mol. The van der Waals surface area contributed by atoms with E-state index in [1.807, 2.05) is 64.1 Å². The maximum Gasteiger partial charge on any atom is 0.340 e. The Labute approximate surface area is 187 Å². The number of thiophene rings is 1. The summed E-state index contributed by atoms with van der Waals surface area (Å²) < 4.78 is 25.2. The number of rotatable bonds is 10. The fourth-order valence-corrected chi connectivity index (χ4v) is 6.75. The Bertz CT molecular complexity index is 1040. The summed E-state index contributed by atoms with van der Waals surface area (Å²) in [5, 5.41) is 13.0. The molecular weight excluding hydrogens is 431 g/mol. The van der Waals surface area contributed by atoms with Crippen molar-refractivity contribution in [2.45, 2.75) is 33.4 Å². The number of hydrogen-bond acceptors (Lipinski definition) is 7. The van der Waals surface area contributed by atoms with E-state index in [0.29, 0.717) is 19.8 Å². The van der Waals surface area contributed by atoms with Gasteiger partial charge in [0.25, 0.3) is 0 Å². The van der Waals surface area contributed by atoms with Crippen molar-refractivity contribution in [2.24, 2.45) is 0 Å². The molecule has 2 aromatic heterocycles. The summed E-state index contributed by atoms with van der Waals surface area (Å²) in [6, 6.07) is 15.0. The van der Waals surface area contributed by atoms with Crippen LogP contribution in [0.15, 0.2) is 48.5 Å². The third-order valence-corrected chi connectivity index (χ3v) is 8.70. The summed E-state index contributed by atoms with van der Waals surface area (Å²) in [5.41, 5.74) is 3.25. The number of nitrogens with zero attached hydrogens (tertiary/aromatic N) is 1. The lowest BCUT2D eigenvalue weighted by molar-refractivity contribution is 0.213. The summed E-state index contributed by atoms with van der Waals surface area (Å²) >= 11 is 1.55. The molecule has 1 atom stereocenters. The van der Waals surface area contributed by atoms with Crippen molar-refractivity contribution < 1.29 is 18.7 Å². The zero-order valence-electron chi connectivity index (χ0n) is 18.3. The molecule has 6 nitrogen and oxygen atoms in total. The van der Waals surface area contributed by atoms with Crippen molar-refractivity contribution >= 4 is 24.6 Å². The summed E-state index contributed by atoms with van der Waals surface area (Å²) in [6.07, 6.45) is 0. The molecule has 2 N–H and O–H groups in total. The zero-order valence-corrected chi connectivity index (χ0v) is 20.0. The maximum absolute atomic E-state index is 13.7. The molecule has 3 rings (SSSR count). The smallest absolute Gasteiger partial charge is 0.340 e. The van der Waals surface area contributed by atoms with Gasteiger partial charge in [0.05, 0.1) is 24.6 Å². The van der Waals surface area contributed by atoms with Gasteiger partial charge >= 0.3 is 7.60 Å². The second kappa shape index (κ2) is 10.4. The largest absolute Gasteiger partial charge is 0.508 e. The SMILES string of the molecule is CCOP(=O)(OCC)C(CNc1ccc(C)nc1C)c1ccc(-c2ccc(O)cc2)s1. The Morgan fingerprint density at radius 3 is 2.32 bits per heavy atom. The van der Waals surface area contributed by atoms with E-state index in [1.54, 1.807) is 23.5 Å². The van der Waals surface area contributed by atoms with E-state index in [-0.39, 0.29) is 5.75 Å². The Hall–Kier alpha value is -2.18. The van der Waals surface area contributed by atoms with Crippen LogP contribution in [0, 0.1) is 13.8 Å². The molecule has 0 aliphatic rings. The third kappa shape index (κ3) is 5.74. The molecule has 8 heteroatoms. The number of phenols is 1. The predicted molar refractivity (Wildman–Crippen MR) is 127 cm³/mol. The highest BCUT2D eigenvalue weighted by Gasteiger charge is 2.38. The minimum absolute atomic E-state index is 0.224. The Kier molecular flexibility index (Phi) is 7.89. The number of nitrogens with one attached hydrogen (secondary N) is 1. The highest BCUT2D eigenvalue weighted by Crippen LogP contribution is 2.62. The molecule has 0 saturated heterocycles. The molecule has 0 saturated carbocycles. The first-order valence-corrected chi connectivity index (χ1v) is 12.7. The summed E-state index contributed by atoms with van der Waals surface area (Å²) in [5.74, 6) is 0.224. The van der Waals surface area contributed by atoms with E-state index in [9.17, 15) is 9.67 Å². The van der Waals surface area contributed by atoms with Gasteiger partial charge in [0.2, 0.25) is 0 Å². The Morgan fingerprint density at radius 2 is 1.71 bits per heavy atom. The Balaban J connectivity index is 1.93. The normalized spacial score (nSPS) is 12.6. The molecule has 1 aromatic carbocycles. The van der Waals surface area contributed by atoms with E-state index < -0.39 is 13.3 Å². The number of aromatic nitrogens is 1. The van der Waals surface area contributed by atoms with Crippen LogP contribution in [0.2, 0.25) is 0 Å². The van der Waals surface area contributed by atoms with Crippen molar-refractivity contribution in [3.8, 4) is 16.2 Å². The number of phenolic OH excluding ortho intramolecular Hbond substituents is 1. The second-order valence-corrected chi connectivity index (χ2v) is 10.4. The van der Waals surface area contributed by atoms with Gasteiger partial charge < -0.3 is 19.5 Å². The molecule has 1 unspecified atom stereocenters. The van der Waals surface area contributed by atoms with E-state index in [0.717, 1.165) is 32.4 Å². The summed E-state index contributed by atoms with van der Waals surface area (Å²) in [4.78, 5) is 6.43. The molecule has 0 spiro atoms. The van der Waals surface area contributed by atoms with Crippen LogP contribution in [0.3, 0.4) is 0 Å².